The molecule has 0 spiro atoms. The summed E-state index contributed by atoms with van der Waals surface area (Å²) in [7, 11) is 0. The summed E-state index contributed by atoms with van der Waals surface area (Å²) in [6.07, 6.45) is 0. The lowest BCUT2D eigenvalue weighted by Gasteiger charge is -2.05. The number of hydrogen-bond donors (Lipinski definition) is 0. The number of hydrogen-bond acceptors (Lipinski definition) is 2. The first-order chi connectivity index (χ1) is 6.09. The quantitative estimate of drug-likeness (QED) is 0.857. The van der Waals surface area contributed by atoms with Crippen molar-refractivity contribution in [2.24, 2.45) is 0 Å². The van der Waals surface area contributed by atoms with E-state index in [9.17, 15) is 4.79 Å². The number of carbonyl (C=O) groups excluding carboxylic acids is 1. The van der Waals surface area contributed by atoms with E-state index in [4.69, 9.17) is 4.74 Å². The van der Waals surface area contributed by atoms with Crippen molar-refractivity contribution >= 4 is 37.6 Å². The third kappa shape index (κ3) is 3.48. The fourth-order valence-corrected chi connectivity index (χ4v) is 1.93. The van der Waals surface area contributed by atoms with Gasteiger partial charge in [-0.2, -0.15) is 0 Å². The zero-order valence-corrected chi connectivity index (χ0v) is 10.2. The molecule has 0 unspecified atom stereocenters. The summed E-state index contributed by atoms with van der Waals surface area (Å²) in [6.45, 7) is 1.60. The van der Waals surface area contributed by atoms with Crippen molar-refractivity contribution in [2.45, 2.75) is 6.92 Å². The molecule has 0 fully saturated rings. The van der Waals surface area contributed by atoms with E-state index in [2.05, 4.69) is 31.9 Å². The molecule has 0 aromatic heterocycles. The molecule has 0 heterocycles. The smallest absolute Gasteiger partial charge is 0.167 e. The van der Waals surface area contributed by atoms with Crippen LogP contribution in [0, 0.1) is 0 Å². The molecule has 0 aliphatic rings. The van der Waals surface area contributed by atoms with Gasteiger partial charge in [-0.1, -0.05) is 15.9 Å². The zero-order valence-electron chi connectivity index (χ0n) is 7.01. The lowest BCUT2D eigenvalue weighted by Crippen LogP contribution is -2.06. The van der Waals surface area contributed by atoms with Crippen molar-refractivity contribution < 1.29 is 9.53 Å². The van der Waals surface area contributed by atoms with Gasteiger partial charge in [0.2, 0.25) is 0 Å². The van der Waals surface area contributed by atoms with E-state index in [-0.39, 0.29) is 12.4 Å². The van der Waals surface area contributed by atoms with Gasteiger partial charge in [0.1, 0.15) is 12.4 Å². The summed E-state index contributed by atoms with van der Waals surface area (Å²) < 4.78 is 7.04. The standard InChI is InChI=1S/C9H8Br2O2/c1-6(12)5-13-9-3-2-7(10)4-8(9)11/h2-4H,5H2,1H3. The molecule has 0 aliphatic carbocycles. The minimum atomic E-state index is 0.00909. The van der Waals surface area contributed by atoms with Gasteiger partial charge in [-0.05, 0) is 41.1 Å². The number of rotatable bonds is 3. The van der Waals surface area contributed by atoms with Crippen LogP contribution in [-0.2, 0) is 4.79 Å². The molecule has 0 atom stereocenters. The van der Waals surface area contributed by atoms with Crippen LogP contribution >= 0.6 is 31.9 Å². The van der Waals surface area contributed by atoms with Gasteiger partial charge in [0.15, 0.2) is 5.78 Å². The van der Waals surface area contributed by atoms with Gasteiger partial charge < -0.3 is 4.74 Å². The molecule has 1 aromatic carbocycles. The van der Waals surface area contributed by atoms with E-state index < -0.39 is 0 Å². The van der Waals surface area contributed by atoms with Gasteiger partial charge >= 0.3 is 0 Å². The van der Waals surface area contributed by atoms with Crippen LogP contribution in [0.4, 0.5) is 0 Å². The first-order valence-electron chi connectivity index (χ1n) is 3.67. The lowest BCUT2D eigenvalue weighted by molar-refractivity contribution is -0.118. The highest BCUT2D eigenvalue weighted by Crippen LogP contribution is 2.27. The molecule has 0 saturated heterocycles. The third-order valence-corrected chi connectivity index (χ3v) is 2.44. The molecule has 0 amide bonds. The minimum absolute atomic E-state index is 0.00909. The predicted octanol–water partition coefficient (Wildman–Crippen LogP) is 3.18. The first kappa shape index (κ1) is 10.7. The van der Waals surface area contributed by atoms with Gasteiger partial charge in [-0.3, -0.25) is 4.79 Å². The van der Waals surface area contributed by atoms with Gasteiger partial charge in [-0.15, -0.1) is 0 Å². The SMILES string of the molecule is CC(=O)COc1ccc(Br)cc1Br. The maximum absolute atomic E-state index is 10.6. The number of halogens is 2. The first-order valence-corrected chi connectivity index (χ1v) is 5.25. The summed E-state index contributed by atoms with van der Waals surface area (Å²) in [6, 6.07) is 5.53. The Morgan fingerprint density at radius 3 is 2.69 bits per heavy atom. The van der Waals surface area contributed by atoms with Gasteiger partial charge in [0.25, 0.3) is 0 Å². The highest BCUT2D eigenvalue weighted by Gasteiger charge is 2.02. The van der Waals surface area contributed by atoms with Crippen molar-refractivity contribution in [2.75, 3.05) is 6.61 Å². The minimum Gasteiger partial charge on any atom is -0.485 e. The van der Waals surface area contributed by atoms with Crippen LogP contribution in [0.3, 0.4) is 0 Å². The molecule has 0 aliphatic heterocycles. The topological polar surface area (TPSA) is 26.3 Å². The second kappa shape index (κ2) is 4.77. The molecule has 0 bridgehead atoms. The van der Waals surface area contributed by atoms with E-state index in [1.54, 1.807) is 6.07 Å². The van der Waals surface area contributed by atoms with E-state index >= 15 is 0 Å². The molecule has 2 nitrogen and oxygen atoms in total. The Bertz CT molecular complexity index is 323. The Balaban J connectivity index is 2.72. The Labute approximate surface area is 93.5 Å². The highest BCUT2D eigenvalue weighted by molar-refractivity contribution is 9.11. The zero-order chi connectivity index (χ0) is 9.84. The van der Waals surface area contributed by atoms with E-state index in [0.717, 1.165) is 8.95 Å². The number of benzene rings is 1. The monoisotopic (exact) mass is 306 g/mol. The predicted molar refractivity (Wildman–Crippen MR) is 58.0 cm³/mol. The average molecular weight is 308 g/mol. The number of carbonyl (C=O) groups is 1. The van der Waals surface area contributed by atoms with Crippen LogP contribution in [0.1, 0.15) is 6.92 Å². The van der Waals surface area contributed by atoms with Gasteiger partial charge in [-0.25, -0.2) is 0 Å². The van der Waals surface area contributed by atoms with Gasteiger partial charge in [0.05, 0.1) is 4.47 Å². The van der Waals surface area contributed by atoms with Crippen molar-refractivity contribution in [1.29, 1.82) is 0 Å². The second-order valence-corrected chi connectivity index (χ2v) is 4.34. The maximum atomic E-state index is 10.6. The van der Waals surface area contributed by atoms with Crippen LogP contribution in [0.2, 0.25) is 0 Å². The summed E-state index contributed by atoms with van der Waals surface area (Å²) in [4.78, 5) is 10.6. The molecule has 0 radical (unpaired) electrons. The van der Waals surface area contributed by atoms with Crippen molar-refractivity contribution in [1.82, 2.24) is 0 Å². The largest absolute Gasteiger partial charge is 0.485 e. The molecule has 13 heavy (non-hydrogen) atoms. The second-order valence-electron chi connectivity index (χ2n) is 2.57. The van der Waals surface area contributed by atoms with Crippen molar-refractivity contribution in [3.63, 3.8) is 0 Å². The summed E-state index contributed by atoms with van der Waals surface area (Å²) in [5.74, 6) is 0.688. The molecule has 70 valence electrons. The highest BCUT2D eigenvalue weighted by atomic mass is 79.9. The summed E-state index contributed by atoms with van der Waals surface area (Å²) in [5.41, 5.74) is 0. The molecular formula is C9H8Br2O2. The summed E-state index contributed by atoms with van der Waals surface area (Å²) in [5, 5.41) is 0. The van der Waals surface area contributed by atoms with E-state index in [0.29, 0.717) is 5.75 Å². The van der Waals surface area contributed by atoms with Crippen molar-refractivity contribution in [3.05, 3.63) is 27.1 Å². The number of Topliss-reactive ketones (excluding diaryl/α,β-unsaturated/α-hetero) is 1. The Morgan fingerprint density at radius 2 is 2.15 bits per heavy atom. The molecular weight excluding hydrogens is 300 g/mol. The Morgan fingerprint density at radius 1 is 1.46 bits per heavy atom. The molecule has 1 rings (SSSR count). The molecule has 0 saturated carbocycles. The number of ether oxygens (including phenoxy) is 1. The third-order valence-electron chi connectivity index (χ3n) is 1.32. The molecule has 1 aromatic rings. The normalized spacial score (nSPS) is 9.77. The average Bonchev–Trinajstić information content (AvgIpc) is 2.02. The lowest BCUT2D eigenvalue weighted by atomic mass is 10.3. The van der Waals surface area contributed by atoms with Crippen LogP contribution in [-0.4, -0.2) is 12.4 Å². The van der Waals surface area contributed by atoms with Crippen molar-refractivity contribution in [3.8, 4) is 5.75 Å². The van der Waals surface area contributed by atoms with Crippen LogP contribution < -0.4 is 4.74 Å². The number of ketones is 1. The fraction of sp³-hybridized carbons (Fsp3) is 0.222. The van der Waals surface area contributed by atoms with E-state index in [1.807, 2.05) is 12.1 Å². The molecule has 0 N–H and O–H groups in total. The van der Waals surface area contributed by atoms with Crippen LogP contribution in [0.25, 0.3) is 0 Å². The maximum Gasteiger partial charge on any atom is 0.167 e. The fourth-order valence-electron chi connectivity index (χ4n) is 0.772. The molecule has 4 heteroatoms. The van der Waals surface area contributed by atoms with E-state index in [1.165, 1.54) is 6.92 Å². The Kier molecular flexibility index (Phi) is 3.93. The Hall–Kier alpha value is -0.350. The van der Waals surface area contributed by atoms with Crippen LogP contribution in [0.15, 0.2) is 27.1 Å². The van der Waals surface area contributed by atoms with Gasteiger partial charge in [0, 0.05) is 4.47 Å². The van der Waals surface area contributed by atoms with Crippen LogP contribution in [0.5, 0.6) is 5.75 Å². The summed E-state index contributed by atoms with van der Waals surface area (Å²) >= 11 is 6.65.